The normalized spacial score (nSPS) is 16.9. The molecule has 2 N–H and O–H groups in total. The van der Waals surface area contributed by atoms with Crippen molar-refractivity contribution in [2.24, 2.45) is 11.3 Å². The molecule has 1 saturated carbocycles. The van der Waals surface area contributed by atoms with Crippen LogP contribution in [0, 0.1) is 31.0 Å². The molecule has 51 heavy (non-hydrogen) atoms. The van der Waals surface area contributed by atoms with Crippen molar-refractivity contribution in [1.82, 2.24) is 14.8 Å². The molecule has 14 heteroatoms. The largest absolute Gasteiger partial charge is 0.481 e. The number of aromatic nitrogens is 1. The molecule has 0 bridgehead atoms. The molecule has 276 valence electrons. The van der Waals surface area contributed by atoms with E-state index in [4.69, 9.17) is 0 Å². The lowest BCUT2D eigenvalue weighted by Gasteiger charge is -2.40. The van der Waals surface area contributed by atoms with Crippen molar-refractivity contribution in [3.05, 3.63) is 92.1 Å². The summed E-state index contributed by atoms with van der Waals surface area (Å²) in [6, 6.07) is 3.75. The second-order valence-corrected chi connectivity index (χ2v) is 14.4. The predicted molar refractivity (Wildman–Crippen MR) is 175 cm³/mol. The Bertz CT molecular complexity index is 1850. The summed E-state index contributed by atoms with van der Waals surface area (Å²) in [6.45, 7) is 8.51. The highest BCUT2D eigenvalue weighted by Gasteiger charge is 2.51. The number of hydrogen-bond donors (Lipinski definition) is 2. The van der Waals surface area contributed by atoms with Crippen LogP contribution >= 0.6 is 0 Å². The molecule has 0 radical (unpaired) electrons. The summed E-state index contributed by atoms with van der Waals surface area (Å²) in [6.07, 6.45) is -8.12. The number of rotatable bonds is 12. The van der Waals surface area contributed by atoms with Gasteiger partial charge in [-0.3, -0.25) is 14.4 Å². The predicted octanol–water partition coefficient (Wildman–Crippen LogP) is 7.87. The molecule has 1 saturated heterocycles. The molecule has 1 aliphatic carbocycles. The van der Waals surface area contributed by atoms with Gasteiger partial charge in [0.15, 0.2) is 0 Å². The Morgan fingerprint density at radius 1 is 0.961 bits per heavy atom. The van der Waals surface area contributed by atoms with Crippen LogP contribution in [0.15, 0.2) is 47.4 Å². The molecule has 3 aromatic rings. The van der Waals surface area contributed by atoms with E-state index in [2.05, 4.69) is 5.32 Å². The van der Waals surface area contributed by atoms with E-state index in [9.17, 15) is 45.8 Å². The fourth-order valence-electron chi connectivity index (χ4n) is 7.13. The smallest absolute Gasteiger partial charge is 0.419 e. The lowest BCUT2D eigenvalue weighted by atomic mass is 9.90. The molecule has 2 unspecified atom stereocenters. The SMILES string of the molecule is Cc1cccc(C)c1-c1cc(C(CC(=O)O)NC(=O)C(CC(C)C)n2cc(CCN3CC4(CC4)C3)c(C(F)(F)F)cc2=O)c(F)c(C(F)(F)F)c1. The first-order valence-corrected chi connectivity index (χ1v) is 16.7. The molecule has 1 spiro atoms. The molecule has 2 aromatic carbocycles. The van der Waals surface area contributed by atoms with E-state index in [1.165, 1.54) is 0 Å². The Balaban J connectivity index is 1.56. The van der Waals surface area contributed by atoms with E-state index in [1.54, 1.807) is 45.9 Å². The van der Waals surface area contributed by atoms with E-state index in [-0.39, 0.29) is 35.3 Å². The molecule has 2 heterocycles. The monoisotopic (exact) mass is 723 g/mol. The highest BCUT2D eigenvalue weighted by Crippen LogP contribution is 2.52. The highest BCUT2D eigenvalue weighted by molar-refractivity contribution is 5.82. The number of amides is 1. The van der Waals surface area contributed by atoms with E-state index in [0.29, 0.717) is 35.4 Å². The minimum atomic E-state index is -5.19. The van der Waals surface area contributed by atoms with E-state index in [0.717, 1.165) is 42.8 Å². The number of carbonyl (C=O) groups excluding carboxylic acids is 1. The van der Waals surface area contributed by atoms with Gasteiger partial charge in [-0.1, -0.05) is 32.0 Å². The Labute approximate surface area is 290 Å². The molecule has 2 fully saturated rings. The van der Waals surface area contributed by atoms with Gasteiger partial charge in [-0.05, 0) is 90.8 Å². The van der Waals surface area contributed by atoms with Crippen molar-refractivity contribution in [3.8, 4) is 11.1 Å². The Kier molecular flexibility index (Phi) is 10.5. The number of aliphatic carboxylic acids is 1. The van der Waals surface area contributed by atoms with Crippen LogP contribution in [0.5, 0.6) is 0 Å². The van der Waals surface area contributed by atoms with Gasteiger partial charge in [0.25, 0.3) is 5.56 Å². The van der Waals surface area contributed by atoms with Gasteiger partial charge >= 0.3 is 18.3 Å². The van der Waals surface area contributed by atoms with Crippen LogP contribution in [0.2, 0.25) is 0 Å². The number of carboxylic acid groups (broad SMARTS) is 1. The number of halogens is 7. The number of carboxylic acids is 1. The number of hydrogen-bond acceptors (Lipinski definition) is 4. The minimum Gasteiger partial charge on any atom is -0.481 e. The number of nitrogens with zero attached hydrogens (tertiary/aromatic N) is 2. The summed E-state index contributed by atoms with van der Waals surface area (Å²) in [7, 11) is 0. The van der Waals surface area contributed by atoms with Gasteiger partial charge in [-0.15, -0.1) is 0 Å². The van der Waals surface area contributed by atoms with Gasteiger partial charge in [0.2, 0.25) is 5.91 Å². The van der Waals surface area contributed by atoms with Gasteiger partial charge in [-0.2, -0.15) is 26.3 Å². The number of aryl methyl sites for hydroxylation is 2. The molecule has 1 aromatic heterocycles. The second kappa shape index (κ2) is 14.1. The summed E-state index contributed by atoms with van der Waals surface area (Å²) in [5.41, 5.74) is -3.22. The molecule has 2 aliphatic rings. The van der Waals surface area contributed by atoms with Gasteiger partial charge in [0, 0.05) is 37.5 Å². The van der Waals surface area contributed by atoms with Crippen molar-refractivity contribution in [2.75, 3.05) is 19.6 Å². The second-order valence-electron chi connectivity index (χ2n) is 14.4. The van der Waals surface area contributed by atoms with Crippen LogP contribution in [-0.2, 0) is 28.4 Å². The average molecular weight is 724 g/mol. The van der Waals surface area contributed by atoms with Gasteiger partial charge < -0.3 is 19.9 Å². The lowest BCUT2D eigenvalue weighted by molar-refractivity contribution is -0.140. The van der Waals surface area contributed by atoms with Crippen LogP contribution in [0.25, 0.3) is 11.1 Å². The van der Waals surface area contributed by atoms with Gasteiger partial charge in [0.1, 0.15) is 11.9 Å². The maximum absolute atomic E-state index is 15.8. The number of benzene rings is 2. The molecule has 1 aliphatic heterocycles. The Morgan fingerprint density at radius 2 is 1.57 bits per heavy atom. The number of nitrogens with one attached hydrogen (secondary N) is 1. The van der Waals surface area contributed by atoms with Crippen molar-refractivity contribution < 1.29 is 45.4 Å². The summed E-state index contributed by atoms with van der Waals surface area (Å²) >= 11 is 0. The van der Waals surface area contributed by atoms with Crippen molar-refractivity contribution in [1.29, 1.82) is 0 Å². The minimum absolute atomic E-state index is 0.0592. The van der Waals surface area contributed by atoms with Crippen molar-refractivity contribution >= 4 is 11.9 Å². The molecule has 2 atom stereocenters. The third-order valence-electron chi connectivity index (χ3n) is 9.82. The molecule has 7 nitrogen and oxygen atoms in total. The van der Waals surface area contributed by atoms with E-state index >= 15 is 4.39 Å². The fraction of sp³-hybridized carbons (Fsp3) is 0.486. The maximum atomic E-state index is 15.8. The van der Waals surface area contributed by atoms with Crippen molar-refractivity contribution in [3.63, 3.8) is 0 Å². The third kappa shape index (κ3) is 8.48. The summed E-state index contributed by atoms with van der Waals surface area (Å²) in [4.78, 5) is 41.3. The van der Waals surface area contributed by atoms with Crippen LogP contribution in [0.4, 0.5) is 30.7 Å². The number of likely N-dealkylation sites (tertiary alicyclic amines) is 1. The first-order valence-electron chi connectivity index (χ1n) is 16.7. The fourth-order valence-corrected chi connectivity index (χ4v) is 7.13. The topological polar surface area (TPSA) is 91.6 Å². The highest BCUT2D eigenvalue weighted by atomic mass is 19.4. The molecular formula is C37H40F7N3O4. The van der Waals surface area contributed by atoms with Gasteiger partial charge in [0.05, 0.1) is 23.6 Å². The number of pyridine rings is 1. The molecule has 5 rings (SSSR count). The average Bonchev–Trinajstić information content (AvgIpc) is 3.79. The number of carbonyl (C=O) groups is 2. The first kappa shape index (κ1) is 38.0. The molecular weight excluding hydrogens is 683 g/mol. The zero-order valence-electron chi connectivity index (χ0n) is 28.6. The quantitative estimate of drug-likeness (QED) is 0.186. The Morgan fingerprint density at radius 3 is 2.10 bits per heavy atom. The van der Waals surface area contributed by atoms with Crippen LogP contribution in [0.1, 0.15) is 85.0 Å². The first-order chi connectivity index (χ1) is 23.7. The standard InChI is InChI=1S/C37H40F7N3O4/c1-20(2)12-29(47-17-23(26(15-30(47)48)36(39,40)41)8-11-46-18-35(19-46)9-10-35)34(51)45-28(16-31(49)50)25-13-24(14-27(33(25)38)37(42,43)44)32-21(3)6-5-7-22(32)4/h5-7,13-15,17,20,28-29H,8-12,16,18-19H2,1-4H3,(H,45,51)(H,49,50). The lowest BCUT2D eigenvalue weighted by Crippen LogP contribution is -2.49. The summed E-state index contributed by atoms with van der Waals surface area (Å²) < 4.78 is 102. The zero-order valence-corrected chi connectivity index (χ0v) is 28.6. The Hall–Kier alpha value is -4.20. The number of alkyl halides is 6. The van der Waals surface area contributed by atoms with Crippen molar-refractivity contribution in [2.45, 2.75) is 84.2 Å². The van der Waals surface area contributed by atoms with Crippen LogP contribution in [0.3, 0.4) is 0 Å². The third-order valence-corrected chi connectivity index (χ3v) is 9.82. The maximum Gasteiger partial charge on any atom is 0.419 e. The van der Waals surface area contributed by atoms with Gasteiger partial charge in [-0.25, -0.2) is 4.39 Å². The van der Waals surface area contributed by atoms with Crippen LogP contribution < -0.4 is 10.9 Å². The van der Waals surface area contributed by atoms with E-state index < -0.39 is 70.8 Å². The zero-order chi connectivity index (χ0) is 37.6. The van der Waals surface area contributed by atoms with E-state index in [1.807, 2.05) is 4.90 Å². The molecule has 1 amide bonds. The van der Waals surface area contributed by atoms with Crippen LogP contribution in [-0.4, -0.2) is 46.1 Å². The summed E-state index contributed by atoms with van der Waals surface area (Å²) in [5.74, 6) is -4.74. The summed E-state index contributed by atoms with van der Waals surface area (Å²) in [5, 5.41) is 12.1.